The maximum absolute atomic E-state index is 12.4. The summed E-state index contributed by atoms with van der Waals surface area (Å²) in [5, 5.41) is 11.6. The Kier molecular flexibility index (Phi) is 11.5. The minimum absolute atomic E-state index is 0.0801. The van der Waals surface area contributed by atoms with Crippen LogP contribution in [0.3, 0.4) is 0 Å². The molecule has 1 aromatic carbocycles. The van der Waals surface area contributed by atoms with Gasteiger partial charge in [-0.3, -0.25) is 14.7 Å². The van der Waals surface area contributed by atoms with Gasteiger partial charge in [0.2, 0.25) is 0 Å². The number of ether oxygens (including phenoxy) is 4. The lowest BCUT2D eigenvalue weighted by Crippen LogP contribution is -2.19. The zero-order valence-electron chi connectivity index (χ0n) is 19.3. The Bertz CT molecular complexity index is 804. The van der Waals surface area contributed by atoms with Gasteiger partial charge in [-0.1, -0.05) is 13.8 Å². The van der Waals surface area contributed by atoms with Crippen LogP contribution in [0.25, 0.3) is 0 Å². The first-order chi connectivity index (χ1) is 15.1. The molecule has 0 saturated carbocycles. The molecule has 0 aliphatic heterocycles. The van der Waals surface area contributed by atoms with Crippen LogP contribution in [0.2, 0.25) is 0 Å². The van der Waals surface area contributed by atoms with Gasteiger partial charge in [-0.2, -0.15) is 0 Å². The highest BCUT2D eigenvalue weighted by Crippen LogP contribution is 2.48. The maximum Gasteiger partial charge on any atom is 0.508 e. The highest BCUT2D eigenvalue weighted by Gasteiger charge is 2.31. The van der Waals surface area contributed by atoms with Crippen molar-refractivity contribution in [3.8, 4) is 11.5 Å². The smallest absolute Gasteiger partial charge is 0.493 e. The van der Waals surface area contributed by atoms with Crippen LogP contribution in [0.4, 0.5) is 10.5 Å². The molecule has 0 aromatic heterocycles. The number of hydrogen-bond donors (Lipinski definition) is 0. The molecule has 0 spiro atoms. The molecule has 0 fully saturated rings. The number of nitrogens with zero attached hydrogens (tertiary/aromatic N) is 1. The third kappa shape index (κ3) is 7.96. The molecule has 1 rings (SSSR count). The van der Waals surface area contributed by atoms with Gasteiger partial charge < -0.3 is 28.0 Å². The number of carbonyl (C=O) groups excluding carboxylic acids is 1. The SMILES string of the molecule is CCOP(=O)(CCCOC(=O)OC(c1cc(OC)c(OC)cc1[N+](=O)[O-])C(C)C)OCC. The lowest BCUT2D eigenvalue weighted by atomic mass is 9.96. The Balaban J connectivity index is 2.91. The second kappa shape index (κ2) is 13.2. The monoisotopic (exact) mass is 477 g/mol. The number of nitro benzene ring substituents is 1. The molecular weight excluding hydrogens is 445 g/mol. The van der Waals surface area contributed by atoms with E-state index >= 15 is 0 Å². The average Bonchev–Trinajstić information content (AvgIpc) is 2.74. The number of methoxy groups -OCH3 is 2. The zero-order chi connectivity index (χ0) is 24.3. The molecule has 0 saturated heterocycles. The fourth-order valence-corrected chi connectivity index (χ4v) is 4.58. The Labute approximate surface area is 187 Å². The number of hydrogen-bond acceptors (Lipinski definition) is 10. The molecule has 0 bridgehead atoms. The minimum atomic E-state index is -3.24. The number of rotatable bonds is 14. The third-order valence-corrected chi connectivity index (χ3v) is 6.48. The molecule has 0 aliphatic rings. The second-order valence-electron chi connectivity index (χ2n) is 6.93. The maximum atomic E-state index is 12.4. The van der Waals surface area contributed by atoms with Crippen LogP contribution >= 0.6 is 7.60 Å². The van der Waals surface area contributed by atoms with Crippen LogP contribution in [0, 0.1) is 16.0 Å². The molecule has 11 nitrogen and oxygen atoms in total. The first kappa shape index (κ1) is 27.7. The molecular formula is C20H32NO10P. The van der Waals surface area contributed by atoms with Gasteiger partial charge in [0.1, 0.15) is 6.10 Å². The molecule has 0 heterocycles. The summed E-state index contributed by atoms with van der Waals surface area (Å²) in [6.07, 6.45) is -1.66. The topological polar surface area (TPSA) is 133 Å². The van der Waals surface area contributed by atoms with Crippen LogP contribution < -0.4 is 9.47 Å². The van der Waals surface area contributed by atoms with Gasteiger partial charge in [0.05, 0.1) is 56.8 Å². The molecule has 1 unspecified atom stereocenters. The molecule has 0 N–H and O–H groups in total. The molecule has 1 aromatic rings. The molecule has 12 heteroatoms. The molecule has 0 radical (unpaired) electrons. The minimum Gasteiger partial charge on any atom is -0.493 e. The van der Waals surface area contributed by atoms with Crippen molar-refractivity contribution in [1.82, 2.24) is 0 Å². The lowest BCUT2D eigenvalue weighted by molar-refractivity contribution is -0.386. The summed E-state index contributed by atoms with van der Waals surface area (Å²) in [5.74, 6) is 0.134. The first-order valence-electron chi connectivity index (χ1n) is 10.2. The summed E-state index contributed by atoms with van der Waals surface area (Å²) < 4.78 is 43.6. The van der Waals surface area contributed by atoms with E-state index in [0.29, 0.717) is 0 Å². The van der Waals surface area contributed by atoms with Crippen LogP contribution in [-0.2, 0) is 23.1 Å². The number of carbonyl (C=O) groups is 1. The Morgan fingerprint density at radius 2 is 1.66 bits per heavy atom. The Morgan fingerprint density at radius 3 is 2.12 bits per heavy atom. The van der Waals surface area contributed by atoms with E-state index in [1.807, 2.05) is 0 Å². The molecule has 0 amide bonds. The van der Waals surface area contributed by atoms with Crippen molar-refractivity contribution >= 4 is 19.4 Å². The normalized spacial score (nSPS) is 12.3. The first-order valence-corrected chi connectivity index (χ1v) is 12.0. The van der Waals surface area contributed by atoms with Gasteiger partial charge in [0.25, 0.3) is 5.69 Å². The standard InChI is InChI=1S/C20H32NO10P/c1-7-29-32(25,30-8-2)11-9-10-28-20(22)31-19(14(3)4)15-12-17(26-5)18(27-6)13-16(15)21(23)24/h12-14,19H,7-11H2,1-6H3. The van der Waals surface area contributed by atoms with E-state index in [9.17, 15) is 19.5 Å². The van der Waals surface area contributed by atoms with Crippen molar-refractivity contribution in [2.75, 3.05) is 40.2 Å². The summed E-state index contributed by atoms with van der Waals surface area (Å²) in [6.45, 7) is 7.30. The molecule has 0 aliphatic carbocycles. The van der Waals surface area contributed by atoms with Crippen molar-refractivity contribution in [3.05, 3.63) is 27.8 Å². The van der Waals surface area contributed by atoms with Crippen LogP contribution in [0.15, 0.2) is 12.1 Å². The van der Waals surface area contributed by atoms with E-state index in [1.54, 1.807) is 27.7 Å². The Morgan fingerprint density at radius 1 is 1.09 bits per heavy atom. The van der Waals surface area contributed by atoms with Gasteiger partial charge >= 0.3 is 13.8 Å². The quantitative estimate of drug-likeness (QED) is 0.117. The van der Waals surface area contributed by atoms with Crippen molar-refractivity contribution in [1.29, 1.82) is 0 Å². The third-order valence-electron chi connectivity index (χ3n) is 4.31. The van der Waals surface area contributed by atoms with Crippen LogP contribution in [0.1, 0.15) is 45.8 Å². The van der Waals surface area contributed by atoms with Gasteiger partial charge in [-0.15, -0.1) is 0 Å². The molecule has 1 atom stereocenters. The van der Waals surface area contributed by atoms with Crippen molar-refractivity contribution in [2.24, 2.45) is 5.92 Å². The summed E-state index contributed by atoms with van der Waals surface area (Å²) in [5.41, 5.74) is -0.125. The average molecular weight is 477 g/mol. The van der Waals surface area contributed by atoms with E-state index in [1.165, 1.54) is 26.4 Å². The van der Waals surface area contributed by atoms with Crippen molar-refractivity contribution in [2.45, 2.75) is 40.2 Å². The number of benzene rings is 1. The van der Waals surface area contributed by atoms with Gasteiger partial charge in [0, 0.05) is 0 Å². The van der Waals surface area contributed by atoms with Crippen molar-refractivity contribution < 1.29 is 42.3 Å². The largest absolute Gasteiger partial charge is 0.508 e. The highest BCUT2D eigenvalue weighted by atomic mass is 31.2. The zero-order valence-corrected chi connectivity index (χ0v) is 20.2. The predicted molar refractivity (Wildman–Crippen MR) is 117 cm³/mol. The molecule has 182 valence electrons. The highest BCUT2D eigenvalue weighted by molar-refractivity contribution is 7.53. The number of nitro groups is 1. The van der Waals surface area contributed by atoms with E-state index in [2.05, 4.69) is 0 Å². The molecule has 32 heavy (non-hydrogen) atoms. The van der Waals surface area contributed by atoms with Crippen LogP contribution in [0.5, 0.6) is 11.5 Å². The predicted octanol–water partition coefficient (Wildman–Crippen LogP) is 5.12. The summed E-state index contributed by atoms with van der Waals surface area (Å²) in [6, 6.07) is 2.63. The van der Waals surface area contributed by atoms with Crippen molar-refractivity contribution in [3.63, 3.8) is 0 Å². The Hall–Kier alpha value is -2.36. The fraction of sp³-hybridized carbons (Fsp3) is 0.650. The fourth-order valence-electron chi connectivity index (χ4n) is 2.94. The summed E-state index contributed by atoms with van der Waals surface area (Å²) in [7, 11) is -0.473. The van der Waals surface area contributed by atoms with E-state index in [-0.39, 0.29) is 61.1 Å². The van der Waals surface area contributed by atoms with E-state index < -0.39 is 24.8 Å². The second-order valence-corrected chi connectivity index (χ2v) is 9.11. The summed E-state index contributed by atoms with van der Waals surface area (Å²) in [4.78, 5) is 23.3. The summed E-state index contributed by atoms with van der Waals surface area (Å²) >= 11 is 0. The van der Waals surface area contributed by atoms with E-state index in [0.717, 1.165) is 0 Å². The van der Waals surface area contributed by atoms with E-state index in [4.69, 9.17) is 28.0 Å². The van der Waals surface area contributed by atoms with Gasteiger partial charge in [-0.25, -0.2) is 4.79 Å². The van der Waals surface area contributed by atoms with Crippen LogP contribution in [-0.4, -0.2) is 51.3 Å². The lowest BCUT2D eigenvalue weighted by Gasteiger charge is -2.22. The van der Waals surface area contributed by atoms with Gasteiger partial charge in [0.15, 0.2) is 11.5 Å². The van der Waals surface area contributed by atoms with Gasteiger partial charge in [-0.05, 0) is 32.3 Å².